The minimum atomic E-state index is -0.296. The van der Waals surface area contributed by atoms with Crippen molar-refractivity contribution in [1.29, 1.82) is 0 Å². The number of benzene rings is 9. The number of fused-ring (bicyclic) bond motifs is 4. The minimum Gasteiger partial charge on any atom is -0.310 e. The van der Waals surface area contributed by atoms with E-state index in [1.165, 1.54) is 77.6 Å². The molecule has 11 rings (SSSR count). The molecule has 2 aliphatic rings. The second kappa shape index (κ2) is 21.5. The molecule has 0 atom stereocenters. The van der Waals surface area contributed by atoms with Gasteiger partial charge in [-0.25, -0.2) is 0 Å². The molecule has 2 aliphatic heterocycles. The van der Waals surface area contributed by atoms with Crippen molar-refractivity contribution >= 4 is 80.4 Å². The lowest BCUT2D eigenvalue weighted by molar-refractivity contribution is 0.568. The molecule has 2 nitrogen and oxygen atoms in total. The van der Waals surface area contributed by atoms with Crippen molar-refractivity contribution in [3.8, 4) is 44.5 Å². The van der Waals surface area contributed by atoms with Crippen molar-refractivity contribution < 1.29 is 0 Å². The highest BCUT2D eigenvalue weighted by Gasteiger charge is 2.46. The Kier molecular flexibility index (Phi) is 15.3. The molecule has 9 aromatic rings. The predicted molar refractivity (Wildman–Crippen MR) is 383 cm³/mol. The van der Waals surface area contributed by atoms with E-state index in [0.29, 0.717) is 10.0 Å². The van der Waals surface area contributed by atoms with Gasteiger partial charge in [-0.2, -0.15) is 0 Å². The van der Waals surface area contributed by atoms with Crippen LogP contribution in [0, 0.1) is 0 Å². The van der Waals surface area contributed by atoms with E-state index < -0.39 is 0 Å². The van der Waals surface area contributed by atoms with Crippen molar-refractivity contribution in [3.63, 3.8) is 0 Å². The quantitative estimate of drug-likeness (QED) is 0.153. The van der Waals surface area contributed by atoms with Crippen LogP contribution in [0.15, 0.2) is 170 Å². The van der Waals surface area contributed by atoms with Gasteiger partial charge in [0.05, 0.1) is 11.4 Å². The average molecular weight is 1190 g/mol. The Bertz CT molecular complexity index is 3830. The van der Waals surface area contributed by atoms with Crippen molar-refractivity contribution in [2.75, 3.05) is 9.80 Å². The summed E-state index contributed by atoms with van der Waals surface area (Å²) in [6.45, 7) is 49.2. The smallest absolute Gasteiger partial charge is 0.252 e. The van der Waals surface area contributed by atoms with Crippen molar-refractivity contribution in [1.82, 2.24) is 0 Å². The largest absolute Gasteiger partial charge is 0.310 e. The third-order valence-corrected chi connectivity index (χ3v) is 18.9. The zero-order valence-electron chi connectivity index (χ0n) is 55.9. The fraction of sp³-hybridized carbons (Fsp3) is 0.341. The van der Waals surface area contributed by atoms with Gasteiger partial charge < -0.3 is 9.80 Å². The fourth-order valence-electron chi connectivity index (χ4n) is 12.9. The normalized spacial score (nSPS) is 13.9. The summed E-state index contributed by atoms with van der Waals surface area (Å²) in [6, 6.07) is 65.4. The maximum atomic E-state index is 7.48. The first-order valence-electron chi connectivity index (χ1n) is 31.6. The molecule has 0 fully saturated rings. The summed E-state index contributed by atoms with van der Waals surface area (Å²) in [5, 5.41) is 1.37. The second-order valence-corrected chi connectivity index (χ2v) is 33.2. The molecule has 0 aliphatic carbocycles. The highest BCUT2D eigenvalue weighted by Crippen LogP contribution is 2.56. The van der Waals surface area contributed by atoms with Crippen molar-refractivity contribution in [2.24, 2.45) is 0 Å². The molecule has 2 heterocycles. The SMILES string of the molecule is CC(C)(C)c1cc(-c2cc(C(C)(C)C)cc(-c3ccccc3)c2N2c3cc(Cl)ccc3B3c4ccc(Cl)cc4N(c4c(-c5ccccc5)cc(C(C)(C)C)cc4-c4cc(C(C)(C)C)cc(C(C)(C)C)c4)c4cc(C(C)(C)C)cc2c43)cc(C(C)(C)C)c1. The lowest BCUT2D eigenvalue weighted by atomic mass is 9.33. The van der Waals surface area contributed by atoms with Gasteiger partial charge in [0.1, 0.15) is 0 Å². The number of anilines is 6. The summed E-state index contributed by atoms with van der Waals surface area (Å²) in [6.07, 6.45) is 0. The van der Waals surface area contributed by atoms with Gasteiger partial charge in [-0.3, -0.25) is 0 Å². The van der Waals surface area contributed by atoms with Crippen LogP contribution in [0.2, 0.25) is 10.0 Å². The van der Waals surface area contributed by atoms with E-state index in [-0.39, 0.29) is 44.6 Å². The van der Waals surface area contributed by atoms with E-state index in [0.717, 1.165) is 56.4 Å². The first kappa shape index (κ1) is 61.9. The molecule has 0 aromatic heterocycles. The average Bonchev–Trinajstić information content (AvgIpc) is 0.694. The second-order valence-electron chi connectivity index (χ2n) is 32.4. The molecular weight excluding hydrogens is 1090 g/mol. The van der Waals surface area contributed by atoms with Crippen LogP contribution < -0.4 is 26.2 Å². The van der Waals surface area contributed by atoms with Crippen molar-refractivity contribution in [2.45, 2.75) is 183 Å². The molecule has 0 saturated carbocycles. The number of hydrogen-bond acceptors (Lipinski definition) is 2. The molecule has 0 unspecified atom stereocenters. The maximum absolute atomic E-state index is 7.48. The summed E-state index contributed by atoms with van der Waals surface area (Å²) in [5.74, 6) is 0. The summed E-state index contributed by atoms with van der Waals surface area (Å²) in [4.78, 5) is 5.28. The standard InChI is InChI=1S/C82H91BCl2N2/c1-76(2,3)54-36-52(37-55(40-54)77(4,5)6)65-44-58(80(13,14)15)42-63(50-28-24-22-25-29-50)74(65)86-69-48-61(84)32-34-67(69)83-68-35-33-62(85)49-70(68)87(72-47-60(82(19,20)21)46-71(86)73(72)83)75-64(51-30-26-23-27-31-51)43-59(81(16,17)18)45-66(75)53-38-56(78(7,8)9)41-57(39-53)79(10,11)12/h22-49H,1-21H3. The van der Waals surface area contributed by atoms with Crippen LogP contribution in [0.5, 0.6) is 0 Å². The van der Waals surface area contributed by atoms with Gasteiger partial charge >= 0.3 is 0 Å². The molecule has 5 heteroatoms. The summed E-state index contributed by atoms with van der Waals surface area (Å²) >= 11 is 15.0. The molecule has 0 radical (unpaired) electrons. The molecule has 9 aromatic carbocycles. The molecule has 0 bridgehead atoms. The van der Waals surface area contributed by atoms with Gasteiger partial charge in [-0.1, -0.05) is 278 Å². The summed E-state index contributed by atoms with van der Waals surface area (Å²) < 4.78 is 0. The van der Waals surface area contributed by atoms with Crippen LogP contribution in [-0.2, 0) is 37.9 Å². The third-order valence-electron chi connectivity index (χ3n) is 18.4. The Labute approximate surface area is 533 Å². The lowest BCUT2D eigenvalue weighted by Gasteiger charge is -2.46. The zero-order chi connectivity index (χ0) is 63.0. The molecule has 87 heavy (non-hydrogen) atoms. The molecule has 0 amide bonds. The van der Waals surface area contributed by atoms with E-state index in [9.17, 15) is 0 Å². The van der Waals surface area contributed by atoms with Gasteiger partial charge in [0.15, 0.2) is 0 Å². The lowest BCUT2D eigenvalue weighted by Crippen LogP contribution is -2.61. The predicted octanol–water partition coefficient (Wildman–Crippen LogP) is 22.8. The van der Waals surface area contributed by atoms with E-state index in [2.05, 4.69) is 325 Å². The van der Waals surface area contributed by atoms with Crippen LogP contribution in [0.3, 0.4) is 0 Å². The molecule has 0 N–H and O–H groups in total. The number of hydrogen-bond donors (Lipinski definition) is 0. The summed E-state index contributed by atoms with van der Waals surface area (Å²) in [7, 11) is 0. The topological polar surface area (TPSA) is 6.48 Å². The minimum absolute atomic E-state index is 0.122. The Morgan fingerprint density at radius 3 is 0.816 bits per heavy atom. The molecule has 446 valence electrons. The van der Waals surface area contributed by atoms with E-state index in [4.69, 9.17) is 23.2 Å². The number of nitrogens with zero attached hydrogens (tertiary/aromatic N) is 2. The van der Waals surface area contributed by atoms with Crippen LogP contribution in [0.25, 0.3) is 44.5 Å². The highest BCUT2D eigenvalue weighted by atomic mass is 35.5. The zero-order valence-corrected chi connectivity index (χ0v) is 57.4. The van der Waals surface area contributed by atoms with Gasteiger partial charge in [0, 0.05) is 55.0 Å². The third kappa shape index (κ3) is 11.7. The summed E-state index contributed by atoms with van der Waals surface area (Å²) in [5.41, 5.74) is 27.4. The van der Waals surface area contributed by atoms with Crippen molar-refractivity contribution in [3.05, 3.63) is 219 Å². The van der Waals surface area contributed by atoms with Gasteiger partial charge in [0.2, 0.25) is 0 Å². The van der Waals surface area contributed by atoms with Gasteiger partial charge in [-0.15, -0.1) is 0 Å². The first-order valence-corrected chi connectivity index (χ1v) is 32.3. The highest BCUT2D eigenvalue weighted by molar-refractivity contribution is 7.00. The van der Waals surface area contributed by atoms with Crippen LogP contribution in [-0.4, -0.2) is 6.71 Å². The number of rotatable bonds is 6. The van der Waals surface area contributed by atoms with Crippen LogP contribution in [0.4, 0.5) is 34.1 Å². The Hall–Kier alpha value is -6.78. The van der Waals surface area contributed by atoms with E-state index in [1.54, 1.807) is 0 Å². The van der Waals surface area contributed by atoms with E-state index >= 15 is 0 Å². The van der Waals surface area contributed by atoms with Gasteiger partial charge in [-0.05, 0) is 176 Å². The first-order chi connectivity index (χ1) is 40.4. The van der Waals surface area contributed by atoms with Crippen LogP contribution in [0.1, 0.15) is 184 Å². The van der Waals surface area contributed by atoms with Gasteiger partial charge in [0.25, 0.3) is 6.71 Å². The Morgan fingerprint density at radius 2 is 0.529 bits per heavy atom. The van der Waals surface area contributed by atoms with Crippen LogP contribution >= 0.6 is 23.2 Å². The van der Waals surface area contributed by atoms with E-state index in [1.807, 2.05) is 0 Å². The Morgan fingerprint density at radius 1 is 0.264 bits per heavy atom. The molecule has 0 saturated heterocycles. The molecular formula is C82H91BCl2N2. The monoisotopic (exact) mass is 1180 g/mol. The number of halogens is 2. The molecule has 0 spiro atoms. The Balaban J connectivity index is 1.37. The fourth-order valence-corrected chi connectivity index (χ4v) is 13.2. The maximum Gasteiger partial charge on any atom is 0.252 e.